The second-order valence-electron chi connectivity index (χ2n) is 5.13. The summed E-state index contributed by atoms with van der Waals surface area (Å²) in [5.74, 6) is -0.563. The molecule has 0 heterocycles. The van der Waals surface area contributed by atoms with Crippen molar-refractivity contribution in [3.05, 3.63) is 39.4 Å². The lowest BCUT2D eigenvalue weighted by Gasteiger charge is -2.19. The molecule has 0 aliphatic carbocycles. The van der Waals surface area contributed by atoms with Crippen LogP contribution >= 0.6 is 0 Å². The number of nitrogens with one attached hydrogen (secondary N) is 1. The maximum Gasteiger partial charge on any atom is 0.338 e. The number of hydrogen-bond donors (Lipinski definition) is 1. The molecule has 0 aliphatic heterocycles. The van der Waals surface area contributed by atoms with Crippen LogP contribution in [0.1, 0.15) is 36.7 Å². The zero-order valence-corrected chi connectivity index (χ0v) is 11.5. The quantitative estimate of drug-likeness (QED) is 0.513. The second-order valence-corrected chi connectivity index (χ2v) is 5.13. The van der Waals surface area contributed by atoms with Gasteiger partial charge in [0.1, 0.15) is 5.60 Å². The van der Waals surface area contributed by atoms with Gasteiger partial charge in [0.05, 0.1) is 10.5 Å². The van der Waals surface area contributed by atoms with Crippen LogP contribution in [-0.4, -0.2) is 23.5 Å². The Hall–Kier alpha value is -1.95. The maximum atomic E-state index is 11.8. The monoisotopic (exact) mass is 266 g/mol. The van der Waals surface area contributed by atoms with Crippen molar-refractivity contribution >= 4 is 11.7 Å². The third-order valence-electron chi connectivity index (χ3n) is 2.28. The van der Waals surface area contributed by atoms with Gasteiger partial charge in [0.15, 0.2) is 0 Å². The van der Waals surface area contributed by atoms with Crippen molar-refractivity contribution < 1.29 is 14.5 Å². The van der Waals surface area contributed by atoms with Crippen molar-refractivity contribution in [1.82, 2.24) is 5.32 Å². The van der Waals surface area contributed by atoms with Crippen LogP contribution in [0.3, 0.4) is 0 Å². The van der Waals surface area contributed by atoms with Crippen LogP contribution in [0.4, 0.5) is 5.69 Å². The minimum atomic E-state index is -0.629. The molecule has 0 bridgehead atoms. The average molecular weight is 266 g/mol. The van der Waals surface area contributed by atoms with Crippen molar-refractivity contribution in [3.63, 3.8) is 0 Å². The molecule has 19 heavy (non-hydrogen) atoms. The lowest BCUT2D eigenvalue weighted by atomic mass is 10.1. The van der Waals surface area contributed by atoms with E-state index in [-0.39, 0.29) is 11.3 Å². The molecule has 6 heteroatoms. The summed E-state index contributed by atoms with van der Waals surface area (Å²) >= 11 is 0. The molecular weight excluding hydrogens is 248 g/mol. The summed E-state index contributed by atoms with van der Waals surface area (Å²) in [5, 5.41) is 13.8. The van der Waals surface area contributed by atoms with E-state index in [0.717, 1.165) is 0 Å². The van der Waals surface area contributed by atoms with Crippen molar-refractivity contribution in [2.75, 3.05) is 7.05 Å². The molecule has 0 aliphatic rings. The number of nitro groups is 1. The molecule has 104 valence electrons. The normalized spacial score (nSPS) is 11.2. The fourth-order valence-corrected chi connectivity index (χ4v) is 1.54. The summed E-state index contributed by atoms with van der Waals surface area (Å²) in [6, 6.07) is 4.35. The average Bonchev–Trinajstić information content (AvgIpc) is 2.27. The van der Waals surface area contributed by atoms with Crippen LogP contribution in [-0.2, 0) is 11.3 Å². The van der Waals surface area contributed by atoms with Gasteiger partial charge in [0.25, 0.3) is 5.69 Å². The molecule has 1 aromatic rings. The molecule has 0 spiro atoms. The Labute approximate surface area is 111 Å². The highest BCUT2D eigenvalue weighted by Crippen LogP contribution is 2.22. The SMILES string of the molecule is CNCc1ccc(C(=O)OC(C)(C)C)cc1[N+](=O)[O-]. The van der Waals surface area contributed by atoms with Crippen LogP contribution < -0.4 is 5.32 Å². The summed E-state index contributed by atoms with van der Waals surface area (Å²) in [6.07, 6.45) is 0. The number of rotatable bonds is 4. The Balaban J connectivity index is 3.08. The molecule has 6 nitrogen and oxygen atoms in total. The predicted octanol–water partition coefficient (Wildman–Crippen LogP) is 2.27. The number of ether oxygens (including phenoxy) is 1. The Morgan fingerprint density at radius 3 is 2.53 bits per heavy atom. The number of esters is 1. The summed E-state index contributed by atoms with van der Waals surface area (Å²) < 4.78 is 5.18. The first-order valence-electron chi connectivity index (χ1n) is 5.90. The molecule has 0 atom stereocenters. The van der Waals surface area contributed by atoms with Crippen LogP contribution in [0.15, 0.2) is 18.2 Å². The molecular formula is C13H18N2O4. The highest BCUT2D eigenvalue weighted by molar-refractivity contribution is 5.90. The third kappa shape index (κ3) is 4.33. The van der Waals surface area contributed by atoms with Gasteiger partial charge in [-0.25, -0.2) is 4.79 Å². The third-order valence-corrected chi connectivity index (χ3v) is 2.28. The first-order chi connectivity index (χ1) is 8.74. The highest BCUT2D eigenvalue weighted by Gasteiger charge is 2.21. The first kappa shape index (κ1) is 15.1. The lowest BCUT2D eigenvalue weighted by molar-refractivity contribution is -0.385. The van der Waals surface area contributed by atoms with E-state index < -0.39 is 16.5 Å². The fourth-order valence-electron chi connectivity index (χ4n) is 1.54. The molecule has 1 rings (SSSR count). The van der Waals surface area contributed by atoms with E-state index in [9.17, 15) is 14.9 Å². The highest BCUT2D eigenvalue weighted by atomic mass is 16.6. The number of carbonyl (C=O) groups excluding carboxylic acids is 1. The van der Waals surface area contributed by atoms with Crippen LogP contribution in [0, 0.1) is 10.1 Å². The van der Waals surface area contributed by atoms with E-state index in [0.29, 0.717) is 12.1 Å². The van der Waals surface area contributed by atoms with Crippen LogP contribution in [0.25, 0.3) is 0 Å². The topological polar surface area (TPSA) is 81.5 Å². The molecule has 0 amide bonds. The maximum absolute atomic E-state index is 11.8. The predicted molar refractivity (Wildman–Crippen MR) is 71.0 cm³/mol. The van der Waals surface area contributed by atoms with E-state index in [2.05, 4.69) is 5.32 Å². The molecule has 0 saturated carbocycles. The minimum Gasteiger partial charge on any atom is -0.456 e. The molecule has 0 unspecified atom stereocenters. The second kappa shape index (κ2) is 5.79. The van der Waals surface area contributed by atoms with Gasteiger partial charge in [-0.2, -0.15) is 0 Å². The van der Waals surface area contributed by atoms with E-state index in [1.54, 1.807) is 33.9 Å². The van der Waals surface area contributed by atoms with E-state index in [1.807, 2.05) is 0 Å². The summed E-state index contributed by atoms with van der Waals surface area (Å²) in [5.41, 5.74) is -0.00539. The molecule has 0 aromatic heterocycles. The van der Waals surface area contributed by atoms with Gasteiger partial charge in [0.2, 0.25) is 0 Å². The Bertz CT molecular complexity index is 492. The smallest absolute Gasteiger partial charge is 0.338 e. The number of nitro benzene ring substituents is 1. The molecule has 0 fully saturated rings. The van der Waals surface area contributed by atoms with Crippen molar-refractivity contribution in [3.8, 4) is 0 Å². The molecule has 0 saturated heterocycles. The van der Waals surface area contributed by atoms with Gasteiger partial charge < -0.3 is 10.1 Å². The number of nitrogens with zero attached hydrogens (tertiary/aromatic N) is 1. The van der Waals surface area contributed by atoms with Gasteiger partial charge in [0, 0.05) is 18.2 Å². The zero-order valence-electron chi connectivity index (χ0n) is 11.5. The number of carbonyl (C=O) groups is 1. The van der Waals surface area contributed by atoms with Gasteiger partial charge in [-0.15, -0.1) is 0 Å². The van der Waals surface area contributed by atoms with Crippen LogP contribution in [0.2, 0.25) is 0 Å². The summed E-state index contributed by atoms with van der Waals surface area (Å²) in [7, 11) is 1.70. The van der Waals surface area contributed by atoms with Crippen molar-refractivity contribution in [1.29, 1.82) is 0 Å². The molecule has 1 N–H and O–H groups in total. The summed E-state index contributed by atoms with van der Waals surface area (Å²) in [6.45, 7) is 5.60. The largest absolute Gasteiger partial charge is 0.456 e. The number of hydrogen-bond acceptors (Lipinski definition) is 5. The standard InChI is InChI=1S/C13H18N2O4/c1-13(2,3)19-12(16)9-5-6-10(8-14-4)11(7-9)15(17)18/h5-7,14H,8H2,1-4H3. The van der Waals surface area contributed by atoms with Gasteiger partial charge in [-0.3, -0.25) is 10.1 Å². The molecule has 0 radical (unpaired) electrons. The zero-order chi connectivity index (χ0) is 14.6. The van der Waals surface area contributed by atoms with E-state index in [4.69, 9.17) is 4.74 Å². The van der Waals surface area contributed by atoms with Crippen molar-refractivity contribution in [2.24, 2.45) is 0 Å². The Morgan fingerprint density at radius 2 is 2.05 bits per heavy atom. The van der Waals surface area contributed by atoms with Gasteiger partial charge in [-0.05, 0) is 33.9 Å². The lowest BCUT2D eigenvalue weighted by Crippen LogP contribution is -2.24. The van der Waals surface area contributed by atoms with E-state index >= 15 is 0 Å². The summed E-state index contributed by atoms with van der Waals surface area (Å²) in [4.78, 5) is 22.3. The number of benzene rings is 1. The minimum absolute atomic E-state index is 0.0855. The fraction of sp³-hybridized carbons (Fsp3) is 0.462. The van der Waals surface area contributed by atoms with Gasteiger partial charge in [-0.1, -0.05) is 6.07 Å². The Kier molecular flexibility index (Phi) is 4.61. The van der Waals surface area contributed by atoms with E-state index in [1.165, 1.54) is 12.1 Å². The van der Waals surface area contributed by atoms with Crippen LogP contribution in [0.5, 0.6) is 0 Å². The van der Waals surface area contributed by atoms with Gasteiger partial charge >= 0.3 is 5.97 Å². The Morgan fingerprint density at radius 1 is 1.42 bits per heavy atom. The molecule has 1 aromatic carbocycles. The van der Waals surface area contributed by atoms with Crippen molar-refractivity contribution in [2.45, 2.75) is 32.9 Å². The first-order valence-corrected chi connectivity index (χ1v) is 5.90.